The highest BCUT2D eigenvalue weighted by molar-refractivity contribution is 5.31. The lowest BCUT2D eigenvalue weighted by atomic mass is 10.4. The number of rotatable bonds is 0. The van der Waals surface area contributed by atoms with Gasteiger partial charge in [-0.25, -0.2) is 28.7 Å². The zero-order valence-corrected chi connectivity index (χ0v) is 11.2. The van der Waals surface area contributed by atoms with Gasteiger partial charge in [-0.15, -0.1) is 0 Å². The summed E-state index contributed by atoms with van der Waals surface area (Å²) in [6, 6.07) is 0. The van der Waals surface area contributed by atoms with Gasteiger partial charge in [-0.05, 0) is 27.7 Å². The van der Waals surface area contributed by atoms with Crippen molar-refractivity contribution in [3.8, 4) is 0 Å². The van der Waals surface area contributed by atoms with E-state index < -0.39 is 5.82 Å². The molecular formula is C12H15F2N5. The number of nitrogen functional groups attached to an aromatic ring is 1. The van der Waals surface area contributed by atoms with Gasteiger partial charge in [0.25, 0.3) is 0 Å². The van der Waals surface area contributed by atoms with Gasteiger partial charge in [0.2, 0.25) is 0 Å². The maximum atomic E-state index is 12.7. The molecule has 0 saturated heterocycles. The SMILES string of the molecule is Cc1nc(C)c(F)c(N)n1.Cc1ncc(F)c(C)n1. The first-order chi connectivity index (χ1) is 8.81. The molecule has 0 aliphatic rings. The van der Waals surface area contributed by atoms with E-state index in [1.54, 1.807) is 27.7 Å². The van der Waals surface area contributed by atoms with Crippen molar-refractivity contribution in [3.05, 3.63) is 40.9 Å². The van der Waals surface area contributed by atoms with Crippen LogP contribution in [0.2, 0.25) is 0 Å². The number of anilines is 1. The number of halogens is 2. The van der Waals surface area contributed by atoms with Gasteiger partial charge >= 0.3 is 0 Å². The molecule has 0 amide bonds. The van der Waals surface area contributed by atoms with E-state index in [0.717, 1.165) is 0 Å². The first-order valence-electron chi connectivity index (χ1n) is 5.53. The molecule has 0 radical (unpaired) electrons. The summed E-state index contributed by atoms with van der Waals surface area (Å²) < 4.78 is 25.0. The van der Waals surface area contributed by atoms with Crippen LogP contribution in [0.5, 0.6) is 0 Å². The average Bonchev–Trinajstić information content (AvgIpc) is 2.32. The van der Waals surface area contributed by atoms with Gasteiger partial charge in [-0.2, -0.15) is 0 Å². The summed E-state index contributed by atoms with van der Waals surface area (Å²) >= 11 is 0. The summed E-state index contributed by atoms with van der Waals surface area (Å²) in [5.41, 5.74) is 5.90. The van der Waals surface area contributed by atoms with E-state index in [4.69, 9.17) is 5.73 Å². The average molecular weight is 267 g/mol. The van der Waals surface area contributed by atoms with Crippen LogP contribution in [-0.4, -0.2) is 19.9 Å². The van der Waals surface area contributed by atoms with Gasteiger partial charge in [-0.3, -0.25) is 0 Å². The maximum Gasteiger partial charge on any atom is 0.186 e. The number of aromatic nitrogens is 4. The van der Waals surface area contributed by atoms with Gasteiger partial charge < -0.3 is 5.73 Å². The number of hydrogen-bond acceptors (Lipinski definition) is 5. The first-order valence-corrected chi connectivity index (χ1v) is 5.53. The van der Waals surface area contributed by atoms with Crippen molar-refractivity contribution in [3.63, 3.8) is 0 Å². The van der Waals surface area contributed by atoms with Gasteiger partial charge in [-0.1, -0.05) is 0 Å². The number of hydrogen-bond donors (Lipinski definition) is 1. The lowest BCUT2D eigenvalue weighted by molar-refractivity contribution is 0.598. The second-order valence-electron chi connectivity index (χ2n) is 3.91. The Balaban J connectivity index is 0.000000191. The quantitative estimate of drug-likeness (QED) is 0.790. The summed E-state index contributed by atoms with van der Waals surface area (Å²) in [5, 5.41) is 0. The molecule has 2 N–H and O–H groups in total. The fourth-order valence-electron chi connectivity index (χ4n) is 1.29. The van der Waals surface area contributed by atoms with E-state index in [1.165, 1.54) is 6.20 Å². The van der Waals surface area contributed by atoms with E-state index in [1.807, 2.05) is 0 Å². The highest BCUT2D eigenvalue weighted by atomic mass is 19.1. The number of aryl methyl sites for hydroxylation is 4. The molecule has 0 spiro atoms. The Morgan fingerprint density at radius 2 is 1.47 bits per heavy atom. The standard InChI is InChI=1S/C6H8FN3.C6H7FN2/c1-3-5(7)6(8)10-4(2)9-3;1-4-6(7)3-8-5(2)9-4/h1-2H3,(H2,8,9,10);3H,1-2H3. The molecule has 2 rings (SSSR count). The summed E-state index contributed by atoms with van der Waals surface area (Å²) in [6.45, 7) is 6.57. The highest BCUT2D eigenvalue weighted by Crippen LogP contribution is 2.08. The minimum atomic E-state index is -0.523. The predicted octanol–water partition coefficient (Wildman–Crippen LogP) is 2.05. The number of nitrogens with zero attached hydrogens (tertiary/aromatic N) is 4. The molecule has 7 heteroatoms. The van der Waals surface area contributed by atoms with Gasteiger partial charge in [0.1, 0.15) is 11.6 Å². The minimum absolute atomic E-state index is 0.0787. The molecule has 0 bridgehead atoms. The van der Waals surface area contributed by atoms with Crippen molar-refractivity contribution in [2.75, 3.05) is 5.73 Å². The summed E-state index contributed by atoms with van der Waals surface area (Å²) in [7, 11) is 0. The third-order valence-corrected chi connectivity index (χ3v) is 2.19. The molecule has 0 aliphatic heterocycles. The van der Waals surface area contributed by atoms with Crippen LogP contribution >= 0.6 is 0 Å². The Labute approximate surface area is 110 Å². The fraction of sp³-hybridized carbons (Fsp3) is 0.333. The van der Waals surface area contributed by atoms with Crippen LogP contribution in [0.3, 0.4) is 0 Å². The van der Waals surface area contributed by atoms with Crippen molar-refractivity contribution in [2.45, 2.75) is 27.7 Å². The molecule has 2 heterocycles. The summed E-state index contributed by atoms with van der Waals surface area (Å²) in [4.78, 5) is 14.8. The molecule has 0 aromatic carbocycles. The molecule has 19 heavy (non-hydrogen) atoms. The maximum absolute atomic E-state index is 12.7. The third-order valence-electron chi connectivity index (χ3n) is 2.19. The Morgan fingerprint density at radius 1 is 0.895 bits per heavy atom. The van der Waals surface area contributed by atoms with Crippen LogP contribution in [0.25, 0.3) is 0 Å². The Hall–Kier alpha value is -2.18. The van der Waals surface area contributed by atoms with Crippen molar-refractivity contribution >= 4 is 5.82 Å². The van der Waals surface area contributed by atoms with Crippen LogP contribution in [-0.2, 0) is 0 Å². The molecule has 0 aliphatic carbocycles. The zero-order chi connectivity index (χ0) is 14.6. The smallest absolute Gasteiger partial charge is 0.186 e. The van der Waals surface area contributed by atoms with Crippen LogP contribution in [0.15, 0.2) is 6.20 Å². The molecule has 0 saturated carbocycles. The van der Waals surface area contributed by atoms with Crippen LogP contribution in [0.1, 0.15) is 23.0 Å². The number of nitrogens with two attached hydrogens (primary N) is 1. The molecule has 2 aromatic rings. The predicted molar refractivity (Wildman–Crippen MR) is 67.3 cm³/mol. The molecular weight excluding hydrogens is 252 g/mol. The second kappa shape index (κ2) is 6.12. The fourth-order valence-corrected chi connectivity index (χ4v) is 1.29. The Morgan fingerprint density at radius 3 is 1.95 bits per heavy atom. The summed E-state index contributed by atoms with van der Waals surface area (Å²) in [5.74, 6) is 0.154. The van der Waals surface area contributed by atoms with Gasteiger partial charge in [0, 0.05) is 0 Å². The Bertz CT molecular complexity index is 563. The lowest BCUT2D eigenvalue weighted by Gasteiger charge is -1.98. The molecule has 0 fully saturated rings. The zero-order valence-electron chi connectivity index (χ0n) is 11.2. The van der Waals surface area contributed by atoms with Crippen LogP contribution in [0.4, 0.5) is 14.6 Å². The molecule has 0 atom stereocenters. The molecule has 2 aromatic heterocycles. The molecule has 0 unspecified atom stereocenters. The van der Waals surface area contributed by atoms with Gasteiger partial charge in [0.15, 0.2) is 17.5 Å². The first kappa shape index (κ1) is 14.9. The minimum Gasteiger partial charge on any atom is -0.381 e. The van der Waals surface area contributed by atoms with Gasteiger partial charge in [0.05, 0.1) is 17.6 Å². The van der Waals surface area contributed by atoms with Crippen LogP contribution in [0, 0.1) is 39.3 Å². The monoisotopic (exact) mass is 267 g/mol. The second-order valence-corrected chi connectivity index (χ2v) is 3.91. The molecule has 5 nitrogen and oxygen atoms in total. The van der Waals surface area contributed by atoms with E-state index in [2.05, 4.69) is 19.9 Å². The third kappa shape index (κ3) is 4.20. The Kier molecular flexibility index (Phi) is 4.80. The summed E-state index contributed by atoms with van der Waals surface area (Å²) in [6.07, 6.45) is 1.18. The van der Waals surface area contributed by atoms with E-state index >= 15 is 0 Å². The van der Waals surface area contributed by atoms with Crippen LogP contribution < -0.4 is 5.73 Å². The lowest BCUT2D eigenvalue weighted by Crippen LogP contribution is -2.02. The van der Waals surface area contributed by atoms with E-state index in [0.29, 0.717) is 23.0 Å². The van der Waals surface area contributed by atoms with Crippen molar-refractivity contribution in [2.24, 2.45) is 0 Å². The molecule has 102 valence electrons. The van der Waals surface area contributed by atoms with E-state index in [9.17, 15) is 8.78 Å². The van der Waals surface area contributed by atoms with Crippen molar-refractivity contribution < 1.29 is 8.78 Å². The largest absolute Gasteiger partial charge is 0.381 e. The normalized spacial score (nSPS) is 9.79. The van der Waals surface area contributed by atoms with Crippen molar-refractivity contribution in [1.82, 2.24) is 19.9 Å². The highest BCUT2D eigenvalue weighted by Gasteiger charge is 2.04. The topological polar surface area (TPSA) is 77.6 Å². The van der Waals surface area contributed by atoms with E-state index in [-0.39, 0.29) is 11.6 Å². The van der Waals surface area contributed by atoms with Crippen molar-refractivity contribution in [1.29, 1.82) is 0 Å².